The van der Waals surface area contributed by atoms with E-state index < -0.39 is 5.82 Å². The Kier molecular flexibility index (Phi) is 6.89. The molecule has 4 amide bonds. The van der Waals surface area contributed by atoms with Gasteiger partial charge in [0.2, 0.25) is 11.8 Å². The minimum absolute atomic E-state index is 0.0678. The van der Waals surface area contributed by atoms with Gasteiger partial charge in [0.15, 0.2) is 0 Å². The molecule has 8 heteroatoms. The summed E-state index contributed by atoms with van der Waals surface area (Å²) in [5.74, 6) is -0.808. The van der Waals surface area contributed by atoms with E-state index in [-0.39, 0.29) is 43.5 Å². The maximum Gasteiger partial charge on any atom is 0.322 e. The van der Waals surface area contributed by atoms with Crippen LogP contribution in [0, 0.1) is 18.7 Å². The zero-order chi connectivity index (χ0) is 22.5. The SMILES string of the molecule is Cc1cccc(NC(=O)N(CC(=O)N2CC(=O)N(c3ccc(F)cc3)C2)CC(C)C)c1. The summed E-state index contributed by atoms with van der Waals surface area (Å²) in [6.45, 7) is 6.11. The summed E-state index contributed by atoms with van der Waals surface area (Å²) in [5, 5.41) is 2.84. The first kappa shape index (κ1) is 22.3. The number of urea groups is 1. The maximum absolute atomic E-state index is 13.2. The van der Waals surface area contributed by atoms with Gasteiger partial charge in [-0.15, -0.1) is 0 Å². The van der Waals surface area contributed by atoms with Crippen molar-refractivity contribution in [3.05, 3.63) is 59.9 Å². The van der Waals surface area contributed by atoms with Crippen LogP contribution >= 0.6 is 0 Å². The van der Waals surface area contributed by atoms with Gasteiger partial charge in [-0.3, -0.25) is 14.5 Å². The highest BCUT2D eigenvalue weighted by Gasteiger charge is 2.33. The average molecular weight is 426 g/mol. The number of hydrogen-bond acceptors (Lipinski definition) is 3. The van der Waals surface area contributed by atoms with Gasteiger partial charge in [-0.25, -0.2) is 9.18 Å². The highest BCUT2D eigenvalue weighted by molar-refractivity contribution is 6.01. The lowest BCUT2D eigenvalue weighted by atomic mass is 10.2. The summed E-state index contributed by atoms with van der Waals surface area (Å²) >= 11 is 0. The fourth-order valence-corrected chi connectivity index (χ4v) is 3.41. The maximum atomic E-state index is 13.2. The minimum Gasteiger partial charge on any atom is -0.315 e. The molecule has 164 valence electrons. The molecule has 1 aliphatic rings. The van der Waals surface area contributed by atoms with Crippen LogP contribution in [-0.2, 0) is 9.59 Å². The van der Waals surface area contributed by atoms with Crippen molar-refractivity contribution in [2.75, 3.05) is 36.5 Å². The Morgan fingerprint density at radius 3 is 2.52 bits per heavy atom. The Balaban J connectivity index is 1.66. The minimum atomic E-state index is -0.396. The fourth-order valence-electron chi connectivity index (χ4n) is 3.41. The van der Waals surface area contributed by atoms with Gasteiger partial charge >= 0.3 is 6.03 Å². The van der Waals surface area contributed by atoms with E-state index >= 15 is 0 Å². The van der Waals surface area contributed by atoms with E-state index in [0.29, 0.717) is 17.9 Å². The number of nitrogens with zero attached hydrogens (tertiary/aromatic N) is 3. The molecule has 31 heavy (non-hydrogen) atoms. The van der Waals surface area contributed by atoms with E-state index in [1.54, 1.807) is 6.07 Å². The van der Waals surface area contributed by atoms with Gasteiger partial charge in [0.05, 0.1) is 0 Å². The molecule has 0 aliphatic carbocycles. The molecule has 0 atom stereocenters. The highest BCUT2D eigenvalue weighted by atomic mass is 19.1. The van der Waals surface area contributed by atoms with Crippen LogP contribution in [0.2, 0.25) is 0 Å². The number of carbonyl (C=O) groups excluding carboxylic acids is 3. The summed E-state index contributed by atoms with van der Waals surface area (Å²) < 4.78 is 13.2. The number of amides is 4. The van der Waals surface area contributed by atoms with Crippen LogP contribution in [0.1, 0.15) is 19.4 Å². The fraction of sp³-hybridized carbons (Fsp3) is 0.348. The summed E-state index contributed by atoms with van der Waals surface area (Å²) in [5.41, 5.74) is 2.20. The van der Waals surface area contributed by atoms with Crippen molar-refractivity contribution < 1.29 is 18.8 Å². The third-order valence-corrected chi connectivity index (χ3v) is 4.90. The summed E-state index contributed by atoms with van der Waals surface area (Å²) in [6, 6.07) is 12.6. The third-order valence-electron chi connectivity index (χ3n) is 4.90. The van der Waals surface area contributed by atoms with Crippen LogP contribution in [0.5, 0.6) is 0 Å². The number of carbonyl (C=O) groups is 3. The van der Waals surface area contributed by atoms with Crippen molar-refractivity contribution in [1.29, 1.82) is 0 Å². The van der Waals surface area contributed by atoms with Crippen molar-refractivity contribution in [1.82, 2.24) is 9.80 Å². The second kappa shape index (κ2) is 9.59. The van der Waals surface area contributed by atoms with Gasteiger partial charge in [0.25, 0.3) is 0 Å². The monoisotopic (exact) mass is 426 g/mol. The molecular weight excluding hydrogens is 399 g/mol. The second-order valence-electron chi connectivity index (χ2n) is 8.11. The number of nitrogens with one attached hydrogen (secondary N) is 1. The average Bonchev–Trinajstić information content (AvgIpc) is 3.09. The first-order valence-electron chi connectivity index (χ1n) is 10.2. The van der Waals surface area contributed by atoms with Crippen LogP contribution < -0.4 is 10.2 Å². The third kappa shape index (κ3) is 5.81. The molecule has 0 unspecified atom stereocenters. The van der Waals surface area contributed by atoms with E-state index in [9.17, 15) is 18.8 Å². The number of halogens is 1. The number of aryl methyl sites for hydroxylation is 1. The van der Waals surface area contributed by atoms with E-state index in [0.717, 1.165) is 5.56 Å². The number of anilines is 2. The normalized spacial score (nSPS) is 13.6. The first-order valence-corrected chi connectivity index (χ1v) is 10.2. The van der Waals surface area contributed by atoms with Crippen LogP contribution in [0.3, 0.4) is 0 Å². The van der Waals surface area contributed by atoms with E-state index in [4.69, 9.17) is 0 Å². The molecule has 7 nitrogen and oxygen atoms in total. The van der Waals surface area contributed by atoms with Crippen LogP contribution in [0.15, 0.2) is 48.5 Å². The first-order chi connectivity index (χ1) is 14.7. The molecule has 1 N–H and O–H groups in total. The topological polar surface area (TPSA) is 73.0 Å². The summed E-state index contributed by atoms with van der Waals surface area (Å²) in [4.78, 5) is 42.4. The molecule has 0 aromatic heterocycles. The van der Waals surface area contributed by atoms with Crippen molar-refractivity contribution >= 4 is 29.2 Å². The van der Waals surface area contributed by atoms with Crippen molar-refractivity contribution in [2.24, 2.45) is 5.92 Å². The van der Waals surface area contributed by atoms with Crippen molar-refractivity contribution in [2.45, 2.75) is 20.8 Å². The van der Waals surface area contributed by atoms with E-state index in [2.05, 4.69) is 5.32 Å². The molecule has 2 aromatic rings. The largest absolute Gasteiger partial charge is 0.322 e. The van der Waals surface area contributed by atoms with Gasteiger partial charge in [0.1, 0.15) is 25.6 Å². The molecule has 2 aromatic carbocycles. The molecule has 1 heterocycles. The lowest BCUT2D eigenvalue weighted by Gasteiger charge is -2.26. The Morgan fingerprint density at radius 2 is 1.87 bits per heavy atom. The standard InChI is InChI=1S/C23H27FN4O3/c1-16(2)12-26(23(31)25-19-6-4-5-17(3)11-19)13-21(29)27-14-22(30)28(15-27)20-9-7-18(24)8-10-20/h4-11,16H,12-15H2,1-3H3,(H,25,31). The smallest absolute Gasteiger partial charge is 0.315 e. The molecule has 1 fully saturated rings. The second-order valence-corrected chi connectivity index (χ2v) is 8.11. The predicted molar refractivity (Wildman–Crippen MR) is 117 cm³/mol. The van der Waals surface area contributed by atoms with E-state index in [1.165, 1.54) is 39.0 Å². The van der Waals surface area contributed by atoms with E-state index in [1.807, 2.05) is 39.0 Å². The zero-order valence-corrected chi connectivity index (χ0v) is 18.0. The van der Waals surface area contributed by atoms with Gasteiger partial charge < -0.3 is 15.1 Å². The molecule has 1 saturated heterocycles. The lowest BCUT2D eigenvalue weighted by molar-refractivity contribution is -0.132. The van der Waals surface area contributed by atoms with Crippen molar-refractivity contribution in [3.63, 3.8) is 0 Å². The van der Waals surface area contributed by atoms with Gasteiger partial charge in [-0.1, -0.05) is 26.0 Å². The van der Waals surface area contributed by atoms with Crippen LogP contribution in [0.4, 0.5) is 20.6 Å². The van der Waals surface area contributed by atoms with Gasteiger partial charge in [-0.05, 0) is 54.8 Å². The Morgan fingerprint density at radius 1 is 1.16 bits per heavy atom. The number of hydrogen-bond donors (Lipinski definition) is 1. The molecule has 0 saturated carbocycles. The van der Waals surface area contributed by atoms with Crippen molar-refractivity contribution in [3.8, 4) is 0 Å². The highest BCUT2D eigenvalue weighted by Crippen LogP contribution is 2.20. The van der Waals surface area contributed by atoms with Crippen LogP contribution in [-0.4, -0.2) is 53.9 Å². The zero-order valence-electron chi connectivity index (χ0n) is 18.0. The summed E-state index contributed by atoms with van der Waals surface area (Å²) in [6.07, 6.45) is 0. The molecule has 0 spiro atoms. The molecular formula is C23H27FN4O3. The van der Waals surface area contributed by atoms with Gasteiger partial charge in [-0.2, -0.15) is 0 Å². The molecule has 0 bridgehead atoms. The Labute approximate surface area is 181 Å². The Bertz CT molecular complexity index is 962. The number of benzene rings is 2. The van der Waals surface area contributed by atoms with Crippen LogP contribution in [0.25, 0.3) is 0 Å². The van der Waals surface area contributed by atoms with Gasteiger partial charge in [0, 0.05) is 17.9 Å². The molecule has 0 radical (unpaired) electrons. The Hall–Kier alpha value is -3.42. The lowest BCUT2D eigenvalue weighted by Crippen LogP contribution is -2.45. The number of rotatable bonds is 6. The quantitative estimate of drug-likeness (QED) is 0.769. The summed E-state index contributed by atoms with van der Waals surface area (Å²) in [7, 11) is 0. The molecule has 1 aliphatic heterocycles. The predicted octanol–water partition coefficient (Wildman–Crippen LogP) is 3.46. The molecule has 3 rings (SSSR count).